The van der Waals surface area contributed by atoms with Gasteiger partial charge in [-0.05, 0) is 44.0 Å². The number of nitrogens with one attached hydrogen (secondary N) is 1. The Bertz CT molecular complexity index is 354. The van der Waals surface area contributed by atoms with E-state index in [1.807, 2.05) is 25.1 Å². The van der Waals surface area contributed by atoms with Gasteiger partial charge in [0, 0.05) is 12.6 Å². The molecule has 0 aliphatic rings. The molecule has 4 heteroatoms. The molecule has 0 aliphatic heterocycles. The zero-order valence-electron chi connectivity index (χ0n) is 11.5. The second kappa shape index (κ2) is 7.95. The minimum atomic E-state index is 0.285. The Kier molecular flexibility index (Phi) is 6.54. The summed E-state index contributed by atoms with van der Waals surface area (Å²) in [6, 6.07) is 6.25. The van der Waals surface area contributed by atoms with Crippen LogP contribution in [0.25, 0.3) is 0 Å². The number of benzene rings is 1. The van der Waals surface area contributed by atoms with Crippen LogP contribution in [0.3, 0.4) is 0 Å². The van der Waals surface area contributed by atoms with E-state index in [0.717, 1.165) is 37.4 Å². The number of methoxy groups -OCH3 is 2. The Hall–Kier alpha value is -1.26. The summed E-state index contributed by atoms with van der Waals surface area (Å²) in [7, 11) is 3.29. The molecule has 0 saturated heterocycles. The molecule has 18 heavy (non-hydrogen) atoms. The predicted molar refractivity (Wildman–Crippen MR) is 74.1 cm³/mol. The Morgan fingerprint density at radius 1 is 1.22 bits per heavy atom. The minimum Gasteiger partial charge on any atom is -0.493 e. The fourth-order valence-electron chi connectivity index (χ4n) is 1.77. The highest BCUT2D eigenvalue weighted by molar-refractivity contribution is 5.42. The van der Waals surface area contributed by atoms with Gasteiger partial charge in [-0.2, -0.15) is 0 Å². The zero-order valence-corrected chi connectivity index (χ0v) is 11.5. The van der Waals surface area contributed by atoms with Crippen LogP contribution in [-0.2, 0) is 6.54 Å². The van der Waals surface area contributed by atoms with Crippen LogP contribution in [0.4, 0.5) is 0 Å². The molecule has 1 rings (SSSR count). The fourth-order valence-corrected chi connectivity index (χ4v) is 1.77. The van der Waals surface area contributed by atoms with Crippen LogP contribution in [0, 0.1) is 0 Å². The van der Waals surface area contributed by atoms with Gasteiger partial charge in [0.25, 0.3) is 0 Å². The first-order valence-electron chi connectivity index (χ1n) is 6.34. The second-order valence-electron chi connectivity index (χ2n) is 4.49. The Labute approximate surface area is 109 Å². The van der Waals surface area contributed by atoms with Crippen molar-refractivity contribution in [2.45, 2.75) is 32.4 Å². The topological polar surface area (TPSA) is 56.5 Å². The highest BCUT2D eigenvalue weighted by Crippen LogP contribution is 2.27. The van der Waals surface area contributed by atoms with Crippen LogP contribution in [0.1, 0.15) is 25.3 Å². The quantitative estimate of drug-likeness (QED) is 0.694. The van der Waals surface area contributed by atoms with Crippen molar-refractivity contribution in [3.8, 4) is 11.5 Å². The van der Waals surface area contributed by atoms with Crippen molar-refractivity contribution in [3.63, 3.8) is 0 Å². The molecule has 1 aromatic rings. The number of hydrogen-bond donors (Lipinski definition) is 2. The van der Waals surface area contributed by atoms with Gasteiger partial charge < -0.3 is 20.5 Å². The average Bonchev–Trinajstić information content (AvgIpc) is 2.37. The highest BCUT2D eigenvalue weighted by Gasteiger charge is 2.04. The van der Waals surface area contributed by atoms with E-state index < -0.39 is 0 Å². The van der Waals surface area contributed by atoms with Crippen molar-refractivity contribution in [1.82, 2.24) is 5.32 Å². The van der Waals surface area contributed by atoms with Gasteiger partial charge in [-0.1, -0.05) is 6.07 Å². The molecule has 0 amide bonds. The summed E-state index contributed by atoms with van der Waals surface area (Å²) in [6.07, 6.45) is 2.16. The van der Waals surface area contributed by atoms with Crippen molar-refractivity contribution < 1.29 is 9.47 Å². The van der Waals surface area contributed by atoms with Gasteiger partial charge in [0.1, 0.15) is 0 Å². The molecule has 0 heterocycles. The van der Waals surface area contributed by atoms with Crippen LogP contribution < -0.4 is 20.5 Å². The fraction of sp³-hybridized carbons (Fsp3) is 0.571. The van der Waals surface area contributed by atoms with Crippen molar-refractivity contribution in [3.05, 3.63) is 23.8 Å². The highest BCUT2D eigenvalue weighted by atomic mass is 16.5. The Morgan fingerprint density at radius 3 is 2.56 bits per heavy atom. The normalized spacial score (nSPS) is 12.2. The minimum absolute atomic E-state index is 0.285. The molecule has 0 aliphatic carbocycles. The molecule has 4 nitrogen and oxygen atoms in total. The molecule has 3 N–H and O–H groups in total. The van der Waals surface area contributed by atoms with Gasteiger partial charge in [-0.3, -0.25) is 0 Å². The number of ether oxygens (including phenoxy) is 2. The van der Waals surface area contributed by atoms with E-state index in [1.165, 1.54) is 5.56 Å². The van der Waals surface area contributed by atoms with Crippen LogP contribution in [0.5, 0.6) is 11.5 Å². The molecule has 0 bridgehead atoms. The van der Waals surface area contributed by atoms with Crippen LogP contribution in [0.15, 0.2) is 18.2 Å². The summed E-state index contributed by atoms with van der Waals surface area (Å²) in [5, 5.41) is 3.39. The predicted octanol–water partition coefficient (Wildman–Crippen LogP) is 1.92. The van der Waals surface area contributed by atoms with Gasteiger partial charge in [0.05, 0.1) is 14.2 Å². The molecular weight excluding hydrogens is 228 g/mol. The Morgan fingerprint density at radius 2 is 1.94 bits per heavy atom. The Balaban J connectivity index is 2.38. The van der Waals surface area contributed by atoms with Crippen molar-refractivity contribution in [2.75, 3.05) is 20.8 Å². The number of nitrogens with two attached hydrogens (primary N) is 1. The first-order valence-corrected chi connectivity index (χ1v) is 6.34. The summed E-state index contributed by atoms with van der Waals surface area (Å²) in [5.41, 5.74) is 6.89. The van der Waals surface area contributed by atoms with Crippen molar-refractivity contribution >= 4 is 0 Å². The lowest BCUT2D eigenvalue weighted by Gasteiger charge is -2.10. The lowest BCUT2D eigenvalue weighted by molar-refractivity contribution is 0.354. The molecule has 1 atom stereocenters. The van der Waals surface area contributed by atoms with Crippen LogP contribution in [-0.4, -0.2) is 26.8 Å². The zero-order chi connectivity index (χ0) is 13.4. The van der Waals surface area contributed by atoms with Gasteiger partial charge in [0.2, 0.25) is 0 Å². The standard InChI is InChI=1S/C14H24N2O2/c1-11(15)5-4-8-16-10-12-6-7-13(17-2)14(9-12)18-3/h6-7,9,11,16H,4-5,8,10,15H2,1-3H3. The number of rotatable bonds is 8. The second-order valence-corrected chi connectivity index (χ2v) is 4.49. The maximum Gasteiger partial charge on any atom is 0.161 e. The van der Waals surface area contributed by atoms with E-state index in [4.69, 9.17) is 15.2 Å². The molecule has 0 spiro atoms. The number of hydrogen-bond acceptors (Lipinski definition) is 4. The lowest BCUT2D eigenvalue weighted by atomic mass is 10.2. The maximum atomic E-state index is 5.70. The van der Waals surface area contributed by atoms with E-state index in [2.05, 4.69) is 5.32 Å². The third-order valence-corrected chi connectivity index (χ3v) is 2.79. The third-order valence-electron chi connectivity index (χ3n) is 2.79. The SMILES string of the molecule is COc1ccc(CNCCCC(C)N)cc1OC. The van der Waals surface area contributed by atoms with Crippen LogP contribution >= 0.6 is 0 Å². The molecule has 0 fully saturated rings. The largest absolute Gasteiger partial charge is 0.493 e. The van der Waals surface area contributed by atoms with E-state index >= 15 is 0 Å². The summed E-state index contributed by atoms with van der Waals surface area (Å²) in [6.45, 7) is 3.85. The van der Waals surface area contributed by atoms with E-state index in [1.54, 1.807) is 14.2 Å². The van der Waals surface area contributed by atoms with Gasteiger partial charge in [0.15, 0.2) is 11.5 Å². The first kappa shape index (κ1) is 14.8. The van der Waals surface area contributed by atoms with Crippen molar-refractivity contribution in [2.24, 2.45) is 5.73 Å². The molecule has 1 unspecified atom stereocenters. The van der Waals surface area contributed by atoms with Gasteiger partial charge in [-0.15, -0.1) is 0 Å². The maximum absolute atomic E-state index is 5.70. The molecule has 1 aromatic carbocycles. The van der Waals surface area contributed by atoms with E-state index in [-0.39, 0.29) is 6.04 Å². The first-order chi connectivity index (χ1) is 8.67. The molecule has 0 radical (unpaired) electrons. The average molecular weight is 252 g/mol. The molecule has 0 aromatic heterocycles. The van der Waals surface area contributed by atoms with Crippen LogP contribution in [0.2, 0.25) is 0 Å². The van der Waals surface area contributed by atoms with E-state index in [9.17, 15) is 0 Å². The summed E-state index contributed by atoms with van der Waals surface area (Å²) in [5.74, 6) is 1.53. The molecule has 102 valence electrons. The molecular formula is C14H24N2O2. The molecule has 0 saturated carbocycles. The van der Waals surface area contributed by atoms with Gasteiger partial charge in [-0.25, -0.2) is 0 Å². The summed E-state index contributed by atoms with van der Waals surface area (Å²) >= 11 is 0. The van der Waals surface area contributed by atoms with E-state index in [0.29, 0.717) is 0 Å². The third kappa shape index (κ3) is 4.94. The summed E-state index contributed by atoms with van der Waals surface area (Å²) in [4.78, 5) is 0. The van der Waals surface area contributed by atoms with Crippen molar-refractivity contribution in [1.29, 1.82) is 0 Å². The monoisotopic (exact) mass is 252 g/mol. The smallest absolute Gasteiger partial charge is 0.161 e. The van der Waals surface area contributed by atoms with Gasteiger partial charge >= 0.3 is 0 Å². The summed E-state index contributed by atoms with van der Waals surface area (Å²) < 4.78 is 10.5. The lowest BCUT2D eigenvalue weighted by Crippen LogP contribution is -2.19.